The van der Waals surface area contributed by atoms with E-state index in [4.69, 9.17) is 11.6 Å². The third-order valence-electron chi connectivity index (χ3n) is 1.89. The smallest absolute Gasteiger partial charge is 0.268 e. The molecule has 5 nitrogen and oxygen atoms in total. The van der Waals surface area contributed by atoms with Crippen molar-refractivity contribution in [3.63, 3.8) is 0 Å². The number of hydrogen-bond acceptors (Lipinski definition) is 3. The summed E-state index contributed by atoms with van der Waals surface area (Å²) >= 11 is 7.53. The van der Waals surface area contributed by atoms with E-state index in [2.05, 4.69) is 10.3 Å². The number of halogens is 2. The molecular weight excluding hydrogens is 344 g/mol. The van der Waals surface area contributed by atoms with E-state index in [9.17, 15) is 9.59 Å². The quantitative estimate of drug-likeness (QED) is 0.648. The topological polar surface area (TPSA) is 64.0 Å². The number of rotatable bonds is 4. The van der Waals surface area contributed by atoms with Crippen LogP contribution in [0.25, 0.3) is 0 Å². The second-order valence-corrected chi connectivity index (χ2v) is 4.49. The van der Waals surface area contributed by atoms with Gasteiger partial charge in [0, 0.05) is 19.5 Å². The van der Waals surface area contributed by atoms with Gasteiger partial charge in [0.2, 0.25) is 5.91 Å². The van der Waals surface area contributed by atoms with E-state index in [1.807, 2.05) is 29.5 Å². The molecular formula is C9H11ClIN3O2. The largest absolute Gasteiger partial charge is 0.356 e. The molecule has 0 atom stereocenters. The maximum Gasteiger partial charge on any atom is 0.268 e. The first-order valence-electron chi connectivity index (χ1n) is 4.73. The van der Waals surface area contributed by atoms with Crippen molar-refractivity contribution < 1.29 is 4.79 Å². The summed E-state index contributed by atoms with van der Waals surface area (Å²) in [7, 11) is 0. The maximum absolute atomic E-state index is 11.7. The van der Waals surface area contributed by atoms with Gasteiger partial charge < -0.3 is 5.32 Å². The lowest BCUT2D eigenvalue weighted by Crippen LogP contribution is -2.28. The number of hydrogen-bond donors (Lipinski definition) is 1. The lowest BCUT2D eigenvalue weighted by atomic mass is 10.4. The molecule has 0 saturated heterocycles. The molecule has 1 aromatic heterocycles. The number of amides is 1. The van der Waals surface area contributed by atoms with Gasteiger partial charge in [-0.1, -0.05) is 11.6 Å². The van der Waals surface area contributed by atoms with E-state index in [-0.39, 0.29) is 23.0 Å². The van der Waals surface area contributed by atoms with E-state index in [1.54, 1.807) is 0 Å². The maximum atomic E-state index is 11.7. The molecule has 0 aromatic carbocycles. The molecule has 0 bridgehead atoms. The Hall–Kier alpha value is -0.630. The summed E-state index contributed by atoms with van der Waals surface area (Å²) in [6, 6.07) is 0. The highest BCUT2D eigenvalue weighted by Gasteiger charge is 2.07. The van der Waals surface area contributed by atoms with Crippen LogP contribution in [0.1, 0.15) is 13.3 Å². The highest BCUT2D eigenvalue weighted by atomic mass is 127. The fraction of sp³-hybridized carbons (Fsp3) is 0.444. The molecule has 0 saturated carbocycles. The van der Waals surface area contributed by atoms with E-state index in [0.717, 1.165) is 0 Å². The van der Waals surface area contributed by atoms with Crippen LogP contribution >= 0.6 is 34.2 Å². The Balaban J connectivity index is 2.72. The molecule has 1 amide bonds. The molecule has 1 heterocycles. The Morgan fingerprint density at radius 2 is 2.38 bits per heavy atom. The molecule has 0 aliphatic rings. The van der Waals surface area contributed by atoms with Crippen LogP contribution in [0.3, 0.4) is 0 Å². The van der Waals surface area contributed by atoms with Gasteiger partial charge in [-0.3, -0.25) is 14.2 Å². The van der Waals surface area contributed by atoms with E-state index >= 15 is 0 Å². The van der Waals surface area contributed by atoms with Crippen LogP contribution in [0.2, 0.25) is 5.15 Å². The molecule has 0 aliphatic heterocycles. The van der Waals surface area contributed by atoms with Crippen molar-refractivity contribution in [2.24, 2.45) is 0 Å². The van der Waals surface area contributed by atoms with Crippen LogP contribution < -0.4 is 10.9 Å². The number of aryl methyl sites for hydroxylation is 1. The van der Waals surface area contributed by atoms with Crippen LogP contribution in [0.15, 0.2) is 11.1 Å². The summed E-state index contributed by atoms with van der Waals surface area (Å²) in [6.07, 6.45) is 1.61. The van der Waals surface area contributed by atoms with Gasteiger partial charge in [-0.05, 0) is 29.5 Å². The van der Waals surface area contributed by atoms with Crippen molar-refractivity contribution in [3.05, 3.63) is 25.4 Å². The Labute approximate surface area is 111 Å². The minimum Gasteiger partial charge on any atom is -0.356 e. The van der Waals surface area contributed by atoms with Gasteiger partial charge in [-0.2, -0.15) is 0 Å². The van der Waals surface area contributed by atoms with E-state index in [0.29, 0.717) is 16.7 Å². The highest BCUT2D eigenvalue weighted by Crippen LogP contribution is 2.09. The first-order valence-corrected chi connectivity index (χ1v) is 6.19. The first-order chi connectivity index (χ1) is 7.56. The highest BCUT2D eigenvalue weighted by molar-refractivity contribution is 14.1. The van der Waals surface area contributed by atoms with Gasteiger partial charge in [0.25, 0.3) is 5.56 Å². The predicted molar refractivity (Wildman–Crippen MR) is 69.5 cm³/mol. The van der Waals surface area contributed by atoms with Crippen molar-refractivity contribution >= 4 is 40.1 Å². The number of nitrogens with one attached hydrogen (secondary N) is 1. The number of aromatic nitrogens is 2. The van der Waals surface area contributed by atoms with Crippen LogP contribution in [0.4, 0.5) is 0 Å². The molecule has 0 fully saturated rings. The lowest BCUT2D eigenvalue weighted by Gasteiger charge is -2.06. The van der Waals surface area contributed by atoms with E-state index in [1.165, 1.54) is 10.9 Å². The van der Waals surface area contributed by atoms with Gasteiger partial charge in [0.05, 0.1) is 6.33 Å². The van der Waals surface area contributed by atoms with E-state index < -0.39 is 0 Å². The summed E-state index contributed by atoms with van der Waals surface area (Å²) < 4.78 is 1.75. The van der Waals surface area contributed by atoms with Crippen LogP contribution in [0, 0.1) is 3.57 Å². The zero-order valence-corrected chi connectivity index (χ0v) is 11.6. The molecule has 1 N–H and O–H groups in total. The predicted octanol–water partition coefficient (Wildman–Crippen LogP) is 1.03. The van der Waals surface area contributed by atoms with Crippen LogP contribution in [-0.2, 0) is 11.3 Å². The fourth-order valence-corrected chi connectivity index (χ4v) is 1.68. The van der Waals surface area contributed by atoms with Crippen molar-refractivity contribution in [1.82, 2.24) is 14.9 Å². The first kappa shape index (κ1) is 13.4. The van der Waals surface area contributed by atoms with Crippen molar-refractivity contribution in [3.8, 4) is 0 Å². The second-order valence-electron chi connectivity index (χ2n) is 3.05. The van der Waals surface area contributed by atoms with Crippen molar-refractivity contribution in [2.75, 3.05) is 6.54 Å². The summed E-state index contributed by atoms with van der Waals surface area (Å²) in [6.45, 7) is 2.74. The molecule has 16 heavy (non-hydrogen) atoms. The Kier molecular flexibility index (Phi) is 5.20. The molecule has 0 spiro atoms. The average Bonchev–Trinajstić information content (AvgIpc) is 2.25. The summed E-state index contributed by atoms with van der Waals surface area (Å²) in [5, 5.41) is 2.85. The molecule has 0 radical (unpaired) electrons. The summed E-state index contributed by atoms with van der Waals surface area (Å²) in [5.41, 5.74) is -0.218. The molecule has 7 heteroatoms. The van der Waals surface area contributed by atoms with Gasteiger partial charge >= 0.3 is 0 Å². The van der Waals surface area contributed by atoms with Gasteiger partial charge in [-0.25, -0.2) is 4.98 Å². The second kappa shape index (κ2) is 6.19. The minimum absolute atomic E-state index is 0.0839. The minimum atomic E-state index is -0.218. The zero-order chi connectivity index (χ0) is 12.1. The Morgan fingerprint density at radius 3 is 3.00 bits per heavy atom. The van der Waals surface area contributed by atoms with Gasteiger partial charge in [-0.15, -0.1) is 0 Å². The summed E-state index contributed by atoms with van der Waals surface area (Å²) in [4.78, 5) is 26.7. The van der Waals surface area contributed by atoms with Gasteiger partial charge in [0.1, 0.15) is 8.72 Å². The molecule has 1 aromatic rings. The van der Waals surface area contributed by atoms with Crippen molar-refractivity contribution in [2.45, 2.75) is 19.9 Å². The Morgan fingerprint density at radius 1 is 1.69 bits per heavy atom. The number of nitrogens with zero attached hydrogens (tertiary/aromatic N) is 2. The van der Waals surface area contributed by atoms with Crippen LogP contribution in [-0.4, -0.2) is 22.0 Å². The molecule has 88 valence electrons. The SMILES string of the molecule is CCNC(=O)CCn1cnc(Cl)c(I)c1=O. The third-order valence-corrected chi connectivity index (χ3v) is 3.47. The number of carbonyl (C=O) groups is 1. The molecule has 1 rings (SSSR count). The Bertz CT molecular complexity index is 447. The fourth-order valence-electron chi connectivity index (χ4n) is 1.11. The van der Waals surface area contributed by atoms with Gasteiger partial charge in [0.15, 0.2) is 0 Å². The van der Waals surface area contributed by atoms with Crippen LogP contribution in [0.5, 0.6) is 0 Å². The molecule has 0 unspecified atom stereocenters. The standard InChI is InChI=1S/C9H11ClIN3O2/c1-2-12-6(15)3-4-14-5-13-8(10)7(11)9(14)16/h5H,2-4H2,1H3,(H,12,15). The normalized spacial score (nSPS) is 10.2. The summed E-state index contributed by atoms with van der Waals surface area (Å²) in [5.74, 6) is -0.0839. The average molecular weight is 356 g/mol. The van der Waals surface area contributed by atoms with Crippen molar-refractivity contribution in [1.29, 1.82) is 0 Å². The number of carbonyl (C=O) groups excluding carboxylic acids is 1. The zero-order valence-electron chi connectivity index (χ0n) is 8.67. The molecule has 0 aliphatic carbocycles. The lowest BCUT2D eigenvalue weighted by molar-refractivity contribution is -0.121. The monoisotopic (exact) mass is 355 g/mol. The third kappa shape index (κ3) is 3.44.